The first kappa shape index (κ1) is 17.4. The van der Waals surface area contributed by atoms with Gasteiger partial charge in [0.05, 0.1) is 6.16 Å². The molecule has 0 heterocycles. The van der Waals surface area contributed by atoms with Crippen molar-refractivity contribution in [3.8, 4) is 0 Å². The quantitative estimate of drug-likeness (QED) is 0.303. The third-order valence-corrected chi connectivity index (χ3v) is 7.21. The van der Waals surface area contributed by atoms with E-state index in [1.165, 1.54) is 0 Å². The Balaban J connectivity index is 5.62. The molecule has 0 aromatic heterocycles. The first-order valence-corrected chi connectivity index (χ1v) is 9.03. The molecule has 0 rings (SSSR count). The minimum Gasteiger partial charge on any atom is -0.367 e. The van der Waals surface area contributed by atoms with Crippen molar-refractivity contribution < 1.29 is 48.2 Å². The third-order valence-electron chi connectivity index (χ3n) is 2.03. The van der Waals surface area contributed by atoms with Gasteiger partial charge < -0.3 is 34.5 Å². The molecule has 0 aromatic carbocycles. The van der Waals surface area contributed by atoms with Gasteiger partial charge in [-0.2, -0.15) is 0 Å². The molecule has 0 aliphatic heterocycles. The second-order valence-electron chi connectivity index (χ2n) is 3.52. The second-order valence-corrected chi connectivity index (χ2v) is 9.11. The van der Waals surface area contributed by atoms with Gasteiger partial charge in [0.2, 0.25) is 0 Å². The van der Waals surface area contributed by atoms with E-state index in [0.717, 1.165) is 6.92 Å². The van der Waals surface area contributed by atoms with Crippen LogP contribution in [0.5, 0.6) is 0 Å². The second kappa shape index (κ2) is 4.83. The molecular weight excluding hydrogens is 301 g/mol. The highest BCUT2D eigenvalue weighted by atomic mass is 31.2. The molecule has 0 fully saturated rings. The highest BCUT2D eigenvalue weighted by molar-refractivity contribution is 7.72. The van der Waals surface area contributed by atoms with Crippen molar-refractivity contribution in [1.82, 2.24) is 0 Å². The molecular formula is C4H13O10P3. The van der Waals surface area contributed by atoms with Gasteiger partial charge in [0.25, 0.3) is 5.08 Å². The average molecular weight is 314 g/mol. The Morgan fingerprint density at radius 3 is 1.41 bits per heavy atom. The molecule has 13 heteroatoms. The summed E-state index contributed by atoms with van der Waals surface area (Å²) in [7, 11) is -16.2. The van der Waals surface area contributed by atoms with Gasteiger partial charge in [-0.25, -0.2) is 0 Å². The van der Waals surface area contributed by atoms with Crippen molar-refractivity contribution in [1.29, 1.82) is 0 Å². The number of rotatable bonds is 5. The van der Waals surface area contributed by atoms with Crippen molar-refractivity contribution in [2.75, 3.05) is 6.16 Å². The van der Waals surface area contributed by atoms with Crippen LogP contribution < -0.4 is 0 Å². The molecule has 0 radical (unpaired) electrons. The summed E-state index contributed by atoms with van der Waals surface area (Å²) in [5, 5.41) is 5.63. The van der Waals surface area contributed by atoms with E-state index in [2.05, 4.69) is 0 Å². The fourth-order valence-corrected chi connectivity index (χ4v) is 5.18. The Morgan fingerprint density at radius 2 is 1.24 bits per heavy atom. The predicted molar refractivity (Wildman–Crippen MR) is 55.1 cm³/mol. The van der Waals surface area contributed by atoms with Crippen LogP contribution >= 0.6 is 22.8 Å². The largest absolute Gasteiger partial charge is 0.369 e. The fraction of sp³-hybridized carbons (Fsp3) is 1.00. The van der Waals surface area contributed by atoms with Gasteiger partial charge in [0, 0.05) is 5.92 Å². The van der Waals surface area contributed by atoms with Gasteiger partial charge >= 0.3 is 22.8 Å². The fourth-order valence-electron chi connectivity index (χ4n) is 1.22. The van der Waals surface area contributed by atoms with Crippen molar-refractivity contribution >= 4 is 22.8 Å². The summed E-state index contributed by atoms with van der Waals surface area (Å²) in [6, 6.07) is 0. The van der Waals surface area contributed by atoms with Gasteiger partial charge in [0.1, 0.15) is 0 Å². The average Bonchev–Trinajstić information content (AvgIpc) is 1.94. The summed E-state index contributed by atoms with van der Waals surface area (Å²) in [4.78, 5) is 52.2. The van der Waals surface area contributed by atoms with Gasteiger partial charge in [-0.1, -0.05) is 6.92 Å². The van der Waals surface area contributed by atoms with Crippen LogP contribution in [-0.2, 0) is 13.7 Å². The third kappa shape index (κ3) is 3.94. The summed E-state index contributed by atoms with van der Waals surface area (Å²) in [6.45, 7) is 0.720. The Morgan fingerprint density at radius 1 is 0.941 bits per heavy atom. The first-order valence-electron chi connectivity index (χ1n) is 4.01. The normalized spacial score (nSPS) is 16.9. The zero-order valence-corrected chi connectivity index (χ0v) is 11.2. The van der Waals surface area contributed by atoms with Gasteiger partial charge in [-0.3, -0.25) is 13.7 Å². The molecule has 0 amide bonds. The minimum absolute atomic E-state index is 0.720. The van der Waals surface area contributed by atoms with Crippen LogP contribution in [0.25, 0.3) is 0 Å². The van der Waals surface area contributed by atoms with Gasteiger partial charge in [-0.05, 0) is 0 Å². The molecule has 0 saturated carbocycles. The monoisotopic (exact) mass is 314 g/mol. The molecule has 104 valence electrons. The van der Waals surface area contributed by atoms with Gasteiger partial charge in [-0.15, -0.1) is 0 Å². The Hall–Kier alpha value is 0.410. The highest BCUT2D eigenvalue weighted by Crippen LogP contribution is 2.71. The van der Waals surface area contributed by atoms with E-state index >= 15 is 0 Å². The lowest BCUT2D eigenvalue weighted by molar-refractivity contribution is 0.0914. The van der Waals surface area contributed by atoms with E-state index in [9.17, 15) is 18.8 Å². The molecule has 1 unspecified atom stereocenters. The molecule has 0 aliphatic carbocycles. The number of hydrogen-bond donors (Lipinski definition) is 7. The van der Waals surface area contributed by atoms with E-state index in [4.69, 9.17) is 29.4 Å². The smallest absolute Gasteiger partial charge is 0.367 e. The highest BCUT2D eigenvalue weighted by Gasteiger charge is 2.63. The first-order chi connectivity index (χ1) is 7.13. The van der Waals surface area contributed by atoms with Crippen LogP contribution in [0.2, 0.25) is 0 Å². The van der Waals surface area contributed by atoms with Gasteiger partial charge in [0.15, 0.2) is 0 Å². The van der Waals surface area contributed by atoms with Crippen molar-refractivity contribution in [3.63, 3.8) is 0 Å². The van der Waals surface area contributed by atoms with Crippen LogP contribution in [0, 0.1) is 5.92 Å². The molecule has 17 heavy (non-hydrogen) atoms. The Kier molecular flexibility index (Phi) is 4.94. The zero-order chi connectivity index (χ0) is 14.3. The molecule has 0 spiro atoms. The molecule has 0 aliphatic rings. The molecule has 0 bridgehead atoms. The molecule has 1 atom stereocenters. The molecule has 7 N–H and O–H groups in total. The number of hydrogen-bond acceptors (Lipinski definition) is 4. The van der Waals surface area contributed by atoms with Crippen molar-refractivity contribution in [2.45, 2.75) is 12.0 Å². The van der Waals surface area contributed by atoms with E-state index in [1.54, 1.807) is 0 Å². The minimum atomic E-state index is -5.70. The lowest BCUT2D eigenvalue weighted by Crippen LogP contribution is -2.37. The number of aliphatic hydroxyl groups is 1. The van der Waals surface area contributed by atoms with E-state index < -0.39 is 40.0 Å². The maximum absolute atomic E-state index is 10.9. The topological polar surface area (TPSA) is 193 Å². The predicted octanol–water partition coefficient (Wildman–Crippen LogP) is -1.20. The Bertz CT molecular complexity index is 389. The van der Waals surface area contributed by atoms with Crippen LogP contribution in [0.15, 0.2) is 0 Å². The summed E-state index contributed by atoms with van der Waals surface area (Å²) in [5.74, 6) is -2.01. The summed E-state index contributed by atoms with van der Waals surface area (Å²) >= 11 is 0. The lowest BCUT2D eigenvalue weighted by Gasteiger charge is -2.34. The van der Waals surface area contributed by atoms with Crippen LogP contribution in [0.3, 0.4) is 0 Å². The van der Waals surface area contributed by atoms with Crippen LogP contribution in [-0.4, -0.2) is 45.7 Å². The summed E-state index contributed by atoms with van der Waals surface area (Å²) < 4.78 is 32.5. The molecule has 0 aromatic rings. The van der Waals surface area contributed by atoms with Crippen molar-refractivity contribution in [3.05, 3.63) is 0 Å². The SMILES string of the molecule is CC(CP(=O)(O)O)C(O)(P(=O)(O)O)P(=O)(O)O. The molecule has 10 nitrogen and oxygen atoms in total. The van der Waals surface area contributed by atoms with Crippen LogP contribution in [0.1, 0.15) is 6.92 Å². The standard InChI is InChI=1S/C4H13O10P3/c1-3(2-15(6,7)8)4(5,16(9,10)11)17(12,13)14/h3,5H,2H2,1H3,(H2,6,7,8)(H2,9,10,11)(H2,12,13,14). The zero-order valence-electron chi connectivity index (χ0n) is 8.48. The maximum Gasteiger partial charge on any atom is 0.369 e. The maximum atomic E-state index is 10.9. The lowest BCUT2D eigenvalue weighted by atomic mass is 10.2. The molecule has 0 saturated heterocycles. The van der Waals surface area contributed by atoms with E-state index in [-0.39, 0.29) is 0 Å². The van der Waals surface area contributed by atoms with E-state index in [0.29, 0.717) is 0 Å². The van der Waals surface area contributed by atoms with Crippen LogP contribution in [0.4, 0.5) is 0 Å². The summed E-state index contributed by atoms with van der Waals surface area (Å²) in [5.41, 5.74) is 0. The van der Waals surface area contributed by atoms with Crippen molar-refractivity contribution in [2.24, 2.45) is 5.92 Å². The Labute approximate surface area is 95.8 Å². The summed E-state index contributed by atoms with van der Waals surface area (Å²) in [6.07, 6.45) is -1.28. The van der Waals surface area contributed by atoms with E-state index in [1.807, 2.05) is 0 Å².